The van der Waals surface area contributed by atoms with Gasteiger partial charge in [0.25, 0.3) is 0 Å². The smallest absolute Gasteiger partial charge is 0.397 e. The van der Waals surface area contributed by atoms with Crippen molar-refractivity contribution >= 4 is 23.1 Å². The molecule has 0 fully saturated rings. The molecule has 0 aromatic heterocycles. The zero-order valence-corrected chi connectivity index (χ0v) is 7.25. The van der Waals surface area contributed by atoms with Crippen LogP contribution in [0.2, 0.25) is 0 Å². The van der Waals surface area contributed by atoms with E-state index < -0.39 is 5.51 Å². The summed E-state index contributed by atoms with van der Waals surface area (Å²) in [6.07, 6.45) is 0. The topological polar surface area (TPSA) is 52.0 Å². The summed E-state index contributed by atoms with van der Waals surface area (Å²) in [6, 6.07) is 3.83. The van der Waals surface area contributed by atoms with E-state index in [9.17, 15) is 13.2 Å². The predicted octanol–water partition coefficient (Wildman–Crippen LogP) is 2.46. The minimum atomic E-state index is -4.29. The largest absolute Gasteiger partial charge is 0.446 e. The molecule has 0 atom stereocenters. The summed E-state index contributed by atoms with van der Waals surface area (Å²) in [4.78, 5) is 0.0409. The molecule has 0 aliphatic rings. The average molecular weight is 208 g/mol. The lowest BCUT2D eigenvalue weighted by Crippen LogP contribution is -2.00. The quantitative estimate of drug-likeness (QED) is 0.550. The highest BCUT2D eigenvalue weighted by Gasteiger charge is 2.29. The van der Waals surface area contributed by atoms with Crippen LogP contribution in [0.5, 0.6) is 0 Å². The van der Waals surface area contributed by atoms with Crippen molar-refractivity contribution in [2.75, 3.05) is 11.5 Å². The number of thioether (sulfide) groups is 1. The molecule has 0 aliphatic heterocycles. The van der Waals surface area contributed by atoms with Gasteiger partial charge in [0.1, 0.15) is 0 Å². The number of hydrogen-bond acceptors (Lipinski definition) is 3. The molecular formula is C7H7F3N2S. The van der Waals surface area contributed by atoms with Gasteiger partial charge < -0.3 is 11.5 Å². The Labute approximate surface area is 77.1 Å². The summed E-state index contributed by atoms with van der Waals surface area (Å²) in [7, 11) is 0. The Morgan fingerprint density at radius 2 is 1.69 bits per heavy atom. The van der Waals surface area contributed by atoms with E-state index in [0.29, 0.717) is 0 Å². The van der Waals surface area contributed by atoms with Crippen LogP contribution in [-0.2, 0) is 0 Å². The van der Waals surface area contributed by atoms with Crippen molar-refractivity contribution in [3.05, 3.63) is 18.2 Å². The number of benzene rings is 1. The second-order valence-corrected chi connectivity index (χ2v) is 3.48. The highest BCUT2D eigenvalue weighted by Crippen LogP contribution is 2.38. The molecule has 13 heavy (non-hydrogen) atoms. The maximum absolute atomic E-state index is 11.9. The highest BCUT2D eigenvalue weighted by molar-refractivity contribution is 8.00. The minimum absolute atomic E-state index is 0.0409. The predicted molar refractivity (Wildman–Crippen MR) is 47.2 cm³/mol. The molecule has 1 rings (SSSR count). The third kappa shape index (κ3) is 3.06. The van der Waals surface area contributed by atoms with Gasteiger partial charge in [0.2, 0.25) is 0 Å². The van der Waals surface area contributed by atoms with E-state index in [0.717, 1.165) is 0 Å². The zero-order chi connectivity index (χ0) is 10.1. The van der Waals surface area contributed by atoms with Crippen molar-refractivity contribution in [2.45, 2.75) is 10.4 Å². The van der Waals surface area contributed by atoms with E-state index >= 15 is 0 Å². The van der Waals surface area contributed by atoms with Crippen LogP contribution in [0.3, 0.4) is 0 Å². The maximum atomic E-state index is 11.9. The molecule has 72 valence electrons. The molecule has 0 saturated carbocycles. The van der Waals surface area contributed by atoms with Crippen molar-refractivity contribution < 1.29 is 13.2 Å². The van der Waals surface area contributed by atoms with Gasteiger partial charge in [0, 0.05) is 4.90 Å². The lowest BCUT2D eigenvalue weighted by molar-refractivity contribution is -0.0328. The molecule has 0 spiro atoms. The van der Waals surface area contributed by atoms with Crippen molar-refractivity contribution in [1.29, 1.82) is 0 Å². The molecule has 0 saturated heterocycles. The van der Waals surface area contributed by atoms with Crippen molar-refractivity contribution in [1.82, 2.24) is 0 Å². The van der Waals surface area contributed by atoms with Crippen LogP contribution < -0.4 is 11.5 Å². The summed E-state index contributed by atoms with van der Waals surface area (Å²) < 4.78 is 35.6. The normalized spacial score (nSPS) is 11.6. The molecule has 0 heterocycles. The molecule has 6 heteroatoms. The Morgan fingerprint density at radius 3 is 2.15 bits per heavy atom. The average Bonchev–Trinajstić information content (AvgIpc) is 1.94. The second-order valence-electron chi connectivity index (χ2n) is 2.34. The van der Waals surface area contributed by atoms with Crippen molar-refractivity contribution in [3.8, 4) is 0 Å². The van der Waals surface area contributed by atoms with Crippen LogP contribution in [0.1, 0.15) is 0 Å². The highest BCUT2D eigenvalue weighted by atomic mass is 32.2. The van der Waals surface area contributed by atoms with E-state index in [1.54, 1.807) is 0 Å². The summed E-state index contributed by atoms with van der Waals surface area (Å²) in [5.74, 6) is 0. The van der Waals surface area contributed by atoms with Crippen LogP contribution >= 0.6 is 11.8 Å². The van der Waals surface area contributed by atoms with E-state index in [1.165, 1.54) is 18.2 Å². The van der Waals surface area contributed by atoms with E-state index in [-0.39, 0.29) is 28.0 Å². The standard InChI is InChI=1S/C7H7F3N2S/c8-7(9,10)13-4-1-2-5(11)6(12)3-4/h1-3H,11-12H2. The summed E-state index contributed by atoms with van der Waals surface area (Å²) in [5, 5.41) is 0. The summed E-state index contributed by atoms with van der Waals surface area (Å²) in [6.45, 7) is 0. The Balaban J connectivity index is 2.86. The number of rotatable bonds is 1. The lowest BCUT2D eigenvalue weighted by Gasteiger charge is -2.06. The number of hydrogen-bond donors (Lipinski definition) is 2. The molecule has 1 aromatic rings. The van der Waals surface area contributed by atoms with Gasteiger partial charge >= 0.3 is 5.51 Å². The van der Waals surface area contributed by atoms with Gasteiger partial charge in [-0.25, -0.2) is 0 Å². The molecule has 0 radical (unpaired) electrons. The number of nitrogen functional groups attached to an aromatic ring is 2. The summed E-state index contributed by atoms with van der Waals surface area (Å²) in [5.41, 5.74) is 6.83. The molecular weight excluding hydrogens is 201 g/mol. The zero-order valence-electron chi connectivity index (χ0n) is 6.43. The first kappa shape index (κ1) is 10.0. The van der Waals surface area contributed by atoms with E-state index in [2.05, 4.69) is 0 Å². The van der Waals surface area contributed by atoms with E-state index in [4.69, 9.17) is 11.5 Å². The van der Waals surface area contributed by atoms with Crippen LogP contribution in [0, 0.1) is 0 Å². The third-order valence-corrected chi connectivity index (χ3v) is 2.01. The van der Waals surface area contributed by atoms with Gasteiger partial charge in [-0.05, 0) is 30.0 Å². The third-order valence-electron chi connectivity index (χ3n) is 1.29. The van der Waals surface area contributed by atoms with Gasteiger partial charge in [-0.2, -0.15) is 13.2 Å². The first-order valence-electron chi connectivity index (χ1n) is 3.29. The lowest BCUT2D eigenvalue weighted by atomic mass is 10.3. The second kappa shape index (κ2) is 3.37. The molecule has 1 aromatic carbocycles. The fourth-order valence-electron chi connectivity index (χ4n) is 0.750. The van der Waals surface area contributed by atoms with Crippen LogP contribution in [0.15, 0.2) is 23.1 Å². The van der Waals surface area contributed by atoms with Gasteiger partial charge in [0.05, 0.1) is 11.4 Å². The van der Waals surface area contributed by atoms with Gasteiger partial charge in [-0.3, -0.25) is 0 Å². The first-order valence-corrected chi connectivity index (χ1v) is 4.11. The summed E-state index contributed by atoms with van der Waals surface area (Å²) >= 11 is -0.212. The number of halogens is 3. The Hall–Kier alpha value is -1.04. The number of alkyl halides is 3. The minimum Gasteiger partial charge on any atom is -0.397 e. The fourth-order valence-corrected chi connectivity index (χ4v) is 1.34. The molecule has 0 unspecified atom stereocenters. The molecule has 0 amide bonds. The van der Waals surface area contributed by atoms with Crippen LogP contribution in [-0.4, -0.2) is 5.51 Å². The monoisotopic (exact) mass is 208 g/mol. The van der Waals surface area contributed by atoms with Crippen LogP contribution in [0.4, 0.5) is 24.5 Å². The van der Waals surface area contributed by atoms with Crippen LogP contribution in [0.25, 0.3) is 0 Å². The maximum Gasteiger partial charge on any atom is 0.446 e. The Kier molecular flexibility index (Phi) is 2.60. The Bertz CT molecular complexity index is 311. The van der Waals surface area contributed by atoms with Gasteiger partial charge in [-0.1, -0.05) is 0 Å². The molecule has 0 aliphatic carbocycles. The SMILES string of the molecule is Nc1ccc(SC(F)(F)F)cc1N. The molecule has 2 nitrogen and oxygen atoms in total. The first-order chi connectivity index (χ1) is 5.88. The van der Waals surface area contributed by atoms with E-state index in [1.807, 2.05) is 0 Å². The number of anilines is 2. The molecule has 0 bridgehead atoms. The number of nitrogens with two attached hydrogens (primary N) is 2. The van der Waals surface area contributed by atoms with Gasteiger partial charge in [0.15, 0.2) is 0 Å². The van der Waals surface area contributed by atoms with Gasteiger partial charge in [-0.15, -0.1) is 0 Å². The Morgan fingerprint density at radius 1 is 1.08 bits per heavy atom. The van der Waals surface area contributed by atoms with Crippen molar-refractivity contribution in [3.63, 3.8) is 0 Å². The fraction of sp³-hybridized carbons (Fsp3) is 0.143. The van der Waals surface area contributed by atoms with Crippen molar-refractivity contribution in [2.24, 2.45) is 0 Å². The molecule has 4 N–H and O–H groups in total.